The van der Waals surface area contributed by atoms with E-state index in [0.717, 1.165) is 11.5 Å². The standard InChI is InChI=1S/C15H19N3O/c1-2-11-3-6-14(9-11)17-13-7-4-12(5-8-13)15-18-16-10-19-15/h4-5,7-8,10-11,14,17H,2-3,6,9H2,1H3. The molecule has 0 bridgehead atoms. The Bertz CT molecular complexity index is 507. The molecule has 1 fully saturated rings. The van der Waals surface area contributed by atoms with Crippen molar-refractivity contribution in [3.63, 3.8) is 0 Å². The van der Waals surface area contributed by atoms with Crippen molar-refractivity contribution in [1.29, 1.82) is 0 Å². The summed E-state index contributed by atoms with van der Waals surface area (Å²) in [4.78, 5) is 0. The van der Waals surface area contributed by atoms with Crippen molar-refractivity contribution < 1.29 is 4.42 Å². The van der Waals surface area contributed by atoms with Crippen molar-refractivity contribution in [2.75, 3.05) is 5.32 Å². The Morgan fingerprint density at radius 3 is 2.74 bits per heavy atom. The largest absolute Gasteiger partial charge is 0.423 e. The third-order valence-electron chi connectivity index (χ3n) is 3.98. The summed E-state index contributed by atoms with van der Waals surface area (Å²) in [5.74, 6) is 1.47. The zero-order valence-corrected chi connectivity index (χ0v) is 11.2. The summed E-state index contributed by atoms with van der Waals surface area (Å²) in [6.45, 7) is 2.28. The van der Waals surface area contributed by atoms with Crippen LogP contribution in [-0.4, -0.2) is 16.2 Å². The van der Waals surface area contributed by atoms with E-state index in [1.165, 1.54) is 37.8 Å². The van der Waals surface area contributed by atoms with Gasteiger partial charge in [-0.3, -0.25) is 0 Å². The van der Waals surface area contributed by atoms with E-state index < -0.39 is 0 Å². The van der Waals surface area contributed by atoms with E-state index in [1.54, 1.807) is 0 Å². The summed E-state index contributed by atoms with van der Waals surface area (Å²) in [5.41, 5.74) is 2.13. The second-order valence-electron chi connectivity index (χ2n) is 5.25. The molecule has 3 rings (SSSR count). The van der Waals surface area contributed by atoms with Gasteiger partial charge in [-0.05, 0) is 49.4 Å². The molecule has 4 heteroatoms. The Morgan fingerprint density at radius 1 is 1.26 bits per heavy atom. The number of aromatic nitrogens is 2. The quantitative estimate of drug-likeness (QED) is 0.906. The van der Waals surface area contributed by atoms with E-state index in [4.69, 9.17) is 4.42 Å². The molecule has 2 unspecified atom stereocenters. The molecule has 1 saturated carbocycles. The number of anilines is 1. The molecular weight excluding hydrogens is 238 g/mol. The molecule has 0 radical (unpaired) electrons. The summed E-state index contributed by atoms with van der Waals surface area (Å²) >= 11 is 0. The van der Waals surface area contributed by atoms with Gasteiger partial charge in [0.1, 0.15) is 0 Å². The lowest BCUT2D eigenvalue weighted by Crippen LogP contribution is -2.15. The second-order valence-corrected chi connectivity index (χ2v) is 5.25. The molecule has 0 spiro atoms. The lowest BCUT2D eigenvalue weighted by molar-refractivity contribution is 0.525. The van der Waals surface area contributed by atoms with E-state index >= 15 is 0 Å². The van der Waals surface area contributed by atoms with Crippen LogP contribution in [-0.2, 0) is 0 Å². The highest BCUT2D eigenvalue weighted by Gasteiger charge is 2.22. The molecule has 1 aliphatic carbocycles. The Balaban J connectivity index is 1.63. The van der Waals surface area contributed by atoms with Crippen LogP contribution < -0.4 is 5.32 Å². The van der Waals surface area contributed by atoms with Crippen molar-refractivity contribution >= 4 is 5.69 Å². The topological polar surface area (TPSA) is 51.0 Å². The molecule has 1 N–H and O–H groups in total. The Kier molecular flexibility index (Phi) is 3.49. The highest BCUT2D eigenvalue weighted by molar-refractivity contribution is 5.58. The molecule has 0 amide bonds. The minimum atomic E-state index is 0.568. The van der Waals surface area contributed by atoms with Crippen molar-refractivity contribution in [2.24, 2.45) is 5.92 Å². The van der Waals surface area contributed by atoms with E-state index in [0.29, 0.717) is 11.9 Å². The minimum Gasteiger partial charge on any atom is -0.423 e. The van der Waals surface area contributed by atoms with Gasteiger partial charge in [0.25, 0.3) is 0 Å². The predicted octanol–water partition coefficient (Wildman–Crippen LogP) is 3.73. The average molecular weight is 257 g/mol. The van der Waals surface area contributed by atoms with Gasteiger partial charge in [-0.15, -0.1) is 10.2 Å². The van der Waals surface area contributed by atoms with E-state index in [2.05, 4.69) is 34.6 Å². The molecule has 2 atom stereocenters. The van der Waals surface area contributed by atoms with Crippen LogP contribution in [0, 0.1) is 5.92 Å². The maximum Gasteiger partial charge on any atom is 0.247 e. The van der Waals surface area contributed by atoms with Gasteiger partial charge in [-0.1, -0.05) is 13.3 Å². The SMILES string of the molecule is CCC1CCC(Nc2ccc(-c3nnco3)cc2)C1. The van der Waals surface area contributed by atoms with Crippen LogP contribution in [0.1, 0.15) is 32.6 Å². The van der Waals surface area contributed by atoms with Gasteiger partial charge in [-0.25, -0.2) is 0 Å². The molecule has 1 aliphatic rings. The lowest BCUT2D eigenvalue weighted by Gasteiger charge is -2.14. The first-order chi connectivity index (χ1) is 9.35. The number of nitrogens with one attached hydrogen (secondary N) is 1. The fraction of sp³-hybridized carbons (Fsp3) is 0.467. The smallest absolute Gasteiger partial charge is 0.247 e. The number of benzene rings is 1. The Labute approximate surface area is 113 Å². The third-order valence-corrected chi connectivity index (χ3v) is 3.98. The van der Waals surface area contributed by atoms with Crippen molar-refractivity contribution in [1.82, 2.24) is 10.2 Å². The first-order valence-corrected chi connectivity index (χ1v) is 6.98. The lowest BCUT2D eigenvalue weighted by atomic mass is 10.1. The fourth-order valence-corrected chi connectivity index (χ4v) is 2.82. The van der Waals surface area contributed by atoms with Crippen LogP contribution in [0.25, 0.3) is 11.5 Å². The normalized spacial score (nSPS) is 22.6. The van der Waals surface area contributed by atoms with Crippen LogP contribution in [0.15, 0.2) is 35.1 Å². The average Bonchev–Trinajstić information content (AvgIpc) is 3.10. The van der Waals surface area contributed by atoms with Crippen LogP contribution in [0.4, 0.5) is 5.69 Å². The third kappa shape index (κ3) is 2.78. The molecule has 1 aromatic heterocycles. The number of nitrogens with zero attached hydrogens (tertiary/aromatic N) is 2. The summed E-state index contributed by atoms with van der Waals surface area (Å²) in [7, 11) is 0. The molecule has 4 nitrogen and oxygen atoms in total. The zero-order chi connectivity index (χ0) is 13.1. The van der Waals surface area contributed by atoms with E-state index in [9.17, 15) is 0 Å². The highest BCUT2D eigenvalue weighted by atomic mass is 16.4. The molecule has 2 aromatic rings. The first-order valence-electron chi connectivity index (χ1n) is 6.98. The van der Waals surface area contributed by atoms with Crippen LogP contribution in [0.2, 0.25) is 0 Å². The Morgan fingerprint density at radius 2 is 2.11 bits per heavy atom. The van der Waals surface area contributed by atoms with E-state index in [-0.39, 0.29) is 0 Å². The molecule has 1 heterocycles. The van der Waals surface area contributed by atoms with Gasteiger partial charge < -0.3 is 9.73 Å². The number of rotatable bonds is 4. The molecule has 19 heavy (non-hydrogen) atoms. The van der Waals surface area contributed by atoms with Gasteiger partial charge >= 0.3 is 0 Å². The second kappa shape index (κ2) is 5.43. The Hall–Kier alpha value is -1.84. The van der Waals surface area contributed by atoms with Crippen LogP contribution >= 0.6 is 0 Å². The summed E-state index contributed by atoms with van der Waals surface area (Å²) in [6, 6.07) is 8.82. The molecular formula is C15H19N3O. The molecule has 0 aliphatic heterocycles. The van der Waals surface area contributed by atoms with Gasteiger partial charge in [0.15, 0.2) is 0 Å². The van der Waals surface area contributed by atoms with Crippen molar-refractivity contribution in [2.45, 2.75) is 38.6 Å². The van der Waals surface area contributed by atoms with Crippen molar-refractivity contribution in [3.8, 4) is 11.5 Å². The summed E-state index contributed by atoms with van der Waals surface area (Å²) in [5, 5.41) is 11.2. The summed E-state index contributed by atoms with van der Waals surface area (Å²) in [6.07, 6.45) is 6.58. The minimum absolute atomic E-state index is 0.568. The maximum absolute atomic E-state index is 5.18. The molecule has 0 saturated heterocycles. The van der Waals surface area contributed by atoms with Gasteiger partial charge in [0, 0.05) is 17.3 Å². The van der Waals surface area contributed by atoms with Crippen LogP contribution in [0.5, 0.6) is 0 Å². The highest BCUT2D eigenvalue weighted by Crippen LogP contribution is 2.30. The summed E-state index contributed by atoms with van der Waals surface area (Å²) < 4.78 is 5.18. The fourth-order valence-electron chi connectivity index (χ4n) is 2.82. The predicted molar refractivity (Wildman–Crippen MR) is 74.8 cm³/mol. The van der Waals surface area contributed by atoms with Gasteiger partial charge in [0.05, 0.1) is 0 Å². The molecule has 1 aromatic carbocycles. The maximum atomic E-state index is 5.18. The number of hydrogen-bond donors (Lipinski definition) is 1. The van der Waals surface area contributed by atoms with Gasteiger partial charge in [0.2, 0.25) is 12.3 Å². The van der Waals surface area contributed by atoms with E-state index in [1.807, 2.05) is 12.1 Å². The first kappa shape index (κ1) is 12.2. The van der Waals surface area contributed by atoms with Crippen LogP contribution in [0.3, 0.4) is 0 Å². The van der Waals surface area contributed by atoms with Crippen molar-refractivity contribution in [3.05, 3.63) is 30.7 Å². The van der Waals surface area contributed by atoms with Gasteiger partial charge in [-0.2, -0.15) is 0 Å². The number of hydrogen-bond acceptors (Lipinski definition) is 4. The monoisotopic (exact) mass is 257 g/mol. The zero-order valence-electron chi connectivity index (χ0n) is 11.2. The molecule has 100 valence electrons.